The van der Waals surface area contributed by atoms with Crippen LogP contribution in [0.2, 0.25) is 0 Å². The number of nitrogens with zero attached hydrogens (tertiary/aromatic N) is 3. The number of rotatable bonds is 5. The van der Waals surface area contributed by atoms with Crippen molar-refractivity contribution in [1.29, 1.82) is 0 Å². The highest BCUT2D eigenvalue weighted by molar-refractivity contribution is 5.81. The van der Waals surface area contributed by atoms with Crippen LogP contribution in [0.5, 0.6) is 5.75 Å². The van der Waals surface area contributed by atoms with Crippen LogP contribution in [-0.2, 0) is 0 Å². The van der Waals surface area contributed by atoms with Crippen molar-refractivity contribution < 1.29 is 9.53 Å². The van der Waals surface area contributed by atoms with Crippen LogP contribution < -0.4 is 10.1 Å². The first kappa shape index (κ1) is 22.5. The van der Waals surface area contributed by atoms with Gasteiger partial charge in [-0.3, -0.25) is 0 Å². The largest absolute Gasteiger partial charge is 0.424 e. The molecule has 2 aromatic carbocycles. The molecule has 1 saturated heterocycles. The molecular formula is C27H30N4O2. The summed E-state index contributed by atoms with van der Waals surface area (Å²) in [5, 5.41) is 3.20. The van der Waals surface area contributed by atoms with Gasteiger partial charge in [-0.05, 0) is 56.2 Å². The van der Waals surface area contributed by atoms with Gasteiger partial charge in [0.15, 0.2) is 0 Å². The normalized spacial score (nSPS) is 20.5. The Bertz CT molecular complexity index is 1060. The van der Waals surface area contributed by atoms with E-state index in [0.29, 0.717) is 11.7 Å². The lowest BCUT2D eigenvalue weighted by Crippen LogP contribution is -2.44. The Balaban J connectivity index is 1.28. The number of hydrogen-bond donors (Lipinski definition) is 1. The lowest BCUT2D eigenvalue weighted by atomic mass is 10.0. The molecule has 2 atom stereocenters. The first-order valence-electron chi connectivity index (χ1n) is 11.4. The number of aliphatic imine (C=N–C) groups is 2. The van der Waals surface area contributed by atoms with Crippen molar-refractivity contribution in [2.75, 3.05) is 13.1 Å². The van der Waals surface area contributed by atoms with Crippen molar-refractivity contribution in [2.24, 2.45) is 9.98 Å². The number of likely N-dealkylation sites (tertiary alicyclic amines) is 1. The van der Waals surface area contributed by atoms with Crippen LogP contribution in [0.25, 0.3) is 6.08 Å². The van der Waals surface area contributed by atoms with Gasteiger partial charge in [-0.1, -0.05) is 60.2 Å². The fraction of sp³-hybridized carbons (Fsp3) is 0.296. The average molecular weight is 443 g/mol. The number of hydrogen-bond acceptors (Lipinski definition) is 3. The lowest BCUT2D eigenvalue weighted by molar-refractivity contribution is 0.193. The van der Waals surface area contributed by atoms with E-state index >= 15 is 0 Å². The molecule has 0 spiro atoms. The van der Waals surface area contributed by atoms with Gasteiger partial charge in [-0.15, -0.1) is 0 Å². The van der Waals surface area contributed by atoms with E-state index in [9.17, 15) is 4.79 Å². The average Bonchev–Trinajstić information content (AvgIpc) is 3.62. The number of amides is 2. The maximum atomic E-state index is 12.7. The minimum absolute atomic E-state index is 0.0535. The smallest absolute Gasteiger partial charge is 0.321 e. The van der Waals surface area contributed by atoms with Gasteiger partial charge in [0.05, 0.1) is 0 Å². The van der Waals surface area contributed by atoms with E-state index in [1.165, 1.54) is 11.1 Å². The van der Waals surface area contributed by atoms with Crippen molar-refractivity contribution in [3.05, 3.63) is 83.6 Å². The van der Waals surface area contributed by atoms with Gasteiger partial charge in [0, 0.05) is 31.2 Å². The maximum Gasteiger partial charge on any atom is 0.321 e. The SMILES string of the molecule is C=N/C(=N\C=C/C)Oc1cccc(C=C2CCN(C(=O)NC3CC3c3ccccc3)CC2)c1. The number of carbonyl (C=O) groups is 1. The zero-order valence-corrected chi connectivity index (χ0v) is 19.0. The summed E-state index contributed by atoms with van der Waals surface area (Å²) in [6, 6.07) is 18.7. The topological polar surface area (TPSA) is 66.3 Å². The molecule has 0 bridgehead atoms. The number of piperidine rings is 1. The molecule has 170 valence electrons. The number of urea groups is 1. The highest BCUT2D eigenvalue weighted by Gasteiger charge is 2.40. The lowest BCUT2D eigenvalue weighted by Gasteiger charge is -2.28. The Kier molecular flexibility index (Phi) is 7.35. The van der Waals surface area contributed by atoms with Crippen LogP contribution in [0.4, 0.5) is 4.79 Å². The molecule has 1 aliphatic carbocycles. The van der Waals surface area contributed by atoms with Crippen LogP contribution in [0, 0.1) is 0 Å². The molecule has 1 aliphatic heterocycles. The Hall–Kier alpha value is -3.67. The molecule has 2 aromatic rings. The van der Waals surface area contributed by atoms with E-state index in [-0.39, 0.29) is 18.1 Å². The third kappa shape index (κ3) is 6.19. The van der Waals surface area contributed by atoms with E-state index in [0.717, 1.165) is 37.9 Å². The van der Waals surface area contributed by atoms with Crippen molar-refractivity contribution in [3.8, 4) is 5.75 Å². The van der Waals surface area contributed by atoms with Gasteiger partial charge in [0.1, 0.15) is 5.75 Å². The Labute approximate surface area is 195 Å². The summed E-state index contributed by atoms with van der Waals surface area (Å²) in [5.41, 5.74) is 3.69. The standard InChI is InChI=1S/C27H30N4O2/c1-3-14-29-26(28-2)33-23-11-7-8-21(18-23)17-20-12-15-31(16-13-20)27(32)30-25-19-24(25)22-9-5-4-6-10-22/h3-11,14,17-18,24-25H,2,12-13,15-16,19H2,1H3,(H,30,32)/b14-3-,29-26+. The molecular weight excluding hydrogens is 412 g/mol. The molecule has 33 heavy (non-hydrogen) atoms. The van der Waals surface area contributed by atoms with Crippen molar-refractivity contribution in [2.45, 2.75) is 38.1 Å². The molecule has 0 aromatic heterocycles. The van der Waals surface area contributed by atoms with Gasteiger partial charge in [0.25, 0.3) is 0 Å². The molecule has 2 fully saturated rings. The zero-order valence-electron chi connectivity index (χ0n) is 19.0. The summed E-state index contributed by atoms with van der Waals surface area (Å²) < 4.78 is 5.71. The van der Waals surface area contributed by atoms with E-state index in [2.05, 4.69) is 52.4 Å². The molecule has 1 saturated carbocycles. The highest BCUT2D eigenvalue weighted by Crippen LogP contribution is 2.40. The van der Waals surface area contributed by atoms with Gasteiger partial charge in [-0.25, -0.2) is 14.8 Å². The predicted molar refractivity (Wildman–Crippen MR) is 134 cm³/mol. The summed E-state index contributed by atoms with van der Waals surface area (Å²) in [6.07, 6.45) is 8.36. The maximum absolute atomic E-state index is 12.7. The molecule has 1 heterocycles. The third-order valence-corrected chi connectivity index (χ3v) is 5.93. The molecule has 6 nitrogen and oxygen atoms in total. The van der Waals surface area contributed by atoms with Crippen LogP contribution in [0.15, 0.2) is 82.4 Å². The summed E-state index contributed by atoms with van der Waals surface area (Å²) >= 11 is 0. The second-order valence-corrected chi connectivity index (χ2v) is 8.33. The Morgan fingerprint density at radius 2 is 1.94 bits per heavy atom. The van der Waals surface area contributed by atoms with Gasteiger partial charge < -0.3 is 15.0 Å². The van der Waals surface area contributed by atoms with Crippen LogP contribution in [0.1, 0.15) is 43.2 Å². The predicted octanol–water partition coefficient (Wildman–Crippen LogP) is 5.40. The first-order valence-corrected chi connectivity index (χ1v) is 11.4. The molecule has 2 amide bonds. The van der Waals surface area contributed by atoms with E-state index in [1.54, 1.807) is 12.3 Å². The fourth-order valence-corrected chi connectivity index (χ4v) is 4.06. The van der Waals surface area contributed by atoms with E-state index < -0.39 is 0 Å². The third-order valence-electron chi connectivity index (χ3n) is 5.93. The van der Waals surface area contributed by atoms with E-state index in [4.69, 9.17) is 4.74 Å². The highest BCUT2D eigenvalue weighted by atomic mass is 16.5. The quantitative estimate of drug-likeness (QED) is 0.498. The molecule has 1 N–H and O–H groups in total. The number of allylic oxidation sites excluding steroid dienone is 1. The second-order valence-electron chi connectivity index (χ2n) is 8.33. The minimum Gasteiger partial charge on any atom is -0.424 e. The number of ether oxygens (including phenoxy) is 1. The van der Waals surface area contributed by atoms with Crippen molar-refractivity contribution >= 4 is 24.8 Å². The molecule has 2 unspecified atom stereocenters. The van der Waals surface area contributed by atoms with Crippen LogP contribution in [-0.4, -0.2) is 42.8 Å². The monoisotopic (exact) mass is 442 g/mol. The zero-order chi connectivity index (χ0) is 23.0. The van der Waals surface area contributed by atoms with Gasteiger partial charge >= 0.3 is 12.1 Å². The minimum atomic E-state index is 0.0535. The van der Waals surface area contributed by atoms with Crippen molar-refractivity contribution in [1.82, 2.24) is 10.2 Å². The van der Waals surface area contributed by atoms with Crippen LogP contribution in [0.3, 0.4) is 0 Å². The number of benzene rings is 2. The summed E-state index contributed by atoms with van der Waals surface area (Å²) in [4.78, 5) is 22.5. The second kappa shape index (κ2) is 10.8. The summed E-state index contributed by atoms with van der Waals surface area (Å²) in [5.74, 6) is 1.11. The van der Waals surface area contributed by atoms with Gasteiger partial charge in [0.2, 0.25) is 0 Å². The summed E-state index contributed by atoms with van der Waals surface area (Å²) in [6.45, 7) is 6.84. The molecule has 2 aliphatic rings. The molecule has 4 rings (SSSR count). The number of nitrogens with one attached hydrogen (secondary N) is 1. The summed E-state index contributed by atoms with van der Waals surface area (Å²) in [7, 11) is 0. The van der Waals surface area contributed by atoms with Crippen LogP contribution >= 0.6 is 0 Å². The Morgan fingerprint density at radius 1 is 1.15 bits per heavy atom. The molecule has 6 heteroatoms. The first-order chi connectivity index (χ1) is 16.2. The number of carbonyl (C=O) groups excluding carboxylic acids is 1. The Morgan fingerprint density at radius 3 is 2.67 bits per heavy atom. The number of amidine groups is 1. The van der Waals surface area contributed by atoms with Gasteiger partial charge in [-0.2, -0.15) is 0 Å². The van der Waals surface area contributed by atoms with E-state index in [1.807, 2.05) is 42.2 Å². The fourth-order valence-electron chi connectivity index (χ4n) is 4.06. The van der Waals surface area contributed by atoms with Crippen molar-refractivity contribution in [3.63, 3.8) is 0 Å². The molecule has 0 radical (unpaired) electrons.